The lowest BCUT2D eigenvalue weighted by atomic mass is 9.86. The molecule has 1 aliphatic rings. The molecule has 1 nitrogen and oxygen atoms in total. The highest BCUT2D eigenvalue weighted by Gasteiger charge is 2.38. The van der Waals surface area contributed by atoms with Crippen molar-refractivity contribution in [3.8, 4) is 33.4 Å². The van der Waals surface area contributed by atoms with Crippen LogP contribution >= 0.6 is 6.19 Å². The minimum atomic E-state index is -2.46. The maximum Gasteiger partial charge on any atom is 0.0979 e. The lowest BCUT2D eigenvalue weighted by molar-refractivity contribution is 1.40. The summed E-state index contributed by atoms with van der Waals surface area (Å²) in [6, 6.07) is 65.7. The van der Waals surface area contributed by atoms with Gasteiger partial charge >= 0.3 is 0 Å². The first-order valence-corrected chi connectivity index (χ1v) is 18.7. The molecule has 1 unspecified atom stereocenters. The van der Waals surface area contributed by atoms with E-state index in [4.69, 9.17) is 11.8 Å². The standard InChI is InChI=1S/C44H30NPS/c47-46(34-17-5-2-6-18-34)42-26-14-12-20-36(42)35-19-11-13-25-41(35)45(46)33-29-27-32(28-30-33)44-39-23-9-7-21-37(39)43(31-15-3-1-4-16-31)38-22-8-10-24-40(38)44/h1-30H. The van der Waals surface area contributed by atoms with Gasteiger partial charge in [-0.05, 0) is 67.6 Å². The molecule has 1 aliphatic heterocycles. The van der Waals surface area contributed by atoms with Gasteiger partial charge in [-0.3, -0.25) is 0 Å². The molecule has 0 spiro atoms. The van der Waals surface area contributed by atoms with Crippen LogP contribution in [0.25, 0.3) is 54.9 Å². The maximum absolute atomic E-state index is 6.91. The second kappa shape index (κ2) is 11.2. The van der Waals surface area contributed by atoms with E-state index in [-0.39, 0.29) is 0 Å². The zero-order chi connectivity index (χ0) is 31.4. The minimum Gasteiger partial charge on any atom is -0.305 e. The summed E-state index contributed by atoms with van der Waals surface area (Å²) in [7, 11) is 0. The number of hydrogen-bond acceptors (Lipinski definition) is 1. The Morgan fingerprint density at radius 1 is 0.383 bits per heavy atom. The average molecular weight is 636 g/mol. The van der Waals surface area contributed by atoms with Crippen LogP contribution in [0.1, 0.15) is 0 Å². The predicted molar refractivity (Wildman–Crippen MR) is 206 cm³/mol. The number of hydrogen-bond donors (Lipinski definition) is 0. The van der Waals surface area contributed by atoms with E-state index in [1.54, 1.807) is 0 Å². The predicted octanol–water partition coefficient (Wildman–Crippen LogP) is 11.5. The highest BCUT2D eigenvalue weighted by atomic mass is 32.4. The topological polar surface area (TPSA) is 3.24 Å². The van der Waals surface area contributed by atoms with E-state index in [2.05, 4.69) is 187 Å². The van der Waals surface area contributed by atoms with Crippen LogP contribution in [0.5, 0.6) is 0 Å². The molecule has 0 saturated heterocycles. The number of anilines is 2. The zero-order valence-electron chi connectivity index (χ0n) is 25.6. The lowest BCUT2D eigenvalue weighted by Crippen LogP contribution is -2.33. The van der Waals surface area contributed by atoms with Crippen molar-refractivity contribution in [1.82, 2.24) is 0 Å². The van der Waals surface area contributed by atoms with Crippen molar-refractivity contribution in [2.24, 2.45) is 0 Å². The molecule has 0 amide bonds. The Kier molecular flexibility index (Phi) is 6.68. The zero-order valence-corrected chi connectivity index (χ0v) is 27.3. The molecule has 9 rings (SSSR count). The van der Waals surface area contributed by atoms with Crippen LogP contribution in [0.15, 0.2) is 182 Å². The van der Waals surface area contributed by atoms with Crippen LogP contribution in [0, 0.1) is 0 Å². The first-order chi connectivity index (χ1) is 23.2. The Balaban J connectivity index is 1.27. The molecule has 47 heavy (non-hydrogen) atoms. The summed E-state index contributed by atoms with van der Waals surface area (Å²) in [5, 5.41) is 7.45. The third-order valence-electron chi connectivity index (χ3n) is 9.44. The van der Waals surface area contributed by atoms with Crippen molar-refractivity contribution in [2.75, 3.05) is 4.67 Å². The van der Waals surface area contributed by atoms with E-state index in [0.29, 0.717) is 0 Å². The van der Waals surface area contributed by atoms with E-state index < -0.39 is 6.19 Å². The van der Waals surface area contributed by atoms with Gasteiger partial charge in [-0.15, -0.1) is 0 Å². The van der Waals surface area contributed by atoms with Gasteiger partial charge in [0.15, 0.2) is 0 Å². The Hall–Kier alpha value is -5.27. The quantitative estimate of drug-likeness (QED) is 0.140. The molecule has 0 saturated carbocycles. The minimum absolute atomic E-state index is 1.11. The van der Waals surface area contributed by atoms with E-state index in [9.17, 15) is 0 Å². The fourth-order valence-electron chi connectivity index (χ4n) is 7.42. The van der Waals surface area contributed by atoms with Crippen molar-refractivity contribution in [3.05, 3.63) is 182 Å². The molecule has 8 aromatic rings. The van der Waals surface area contributed by atoms with Crippen molar-refractivity contribution >= 4 is 61.5 Å². The van der Waals surface area contributed by atoms with E-state index in [1.807, 2.05) is 0 Å². The molecule has 0 radical (unpaired) electrons. The smallest absolute Gasteiger partial charge is 0.0979 e. The van der Waals surface area contributed by atoms with E-state index >= 15 is 0 Å². The van der Waals surface area contributed by atoms with Gasteiger partial charge in [0.05, 0.1) is 11.9 Å². The van der Waals surface area contributed by atoms with Crippen LogP contribution in [0.2, 0.25) is 0 Å². The van der Waals surface area contributed by atoms with Gasteiger partial charge in [-0.2, -0.15) is 0 Å². The average Bonchev–Trinajstić information content (AvgIpc) is 3.15. The summed E-state index contributed by atoms with van der Waals surface area (Å²) >= 11 is 6.91. The largest absolute Gasteiger partial charge is 0.305 e. The van der Waals surface area contributed by atoms with Crippen molar-refractivity contribution in [1.29, 1.82) is 0 Å². The van der Waals surface area contributed by atoms with E-state index in [1.165, 1.54) is 65.5 Å². The molecule has 8 aromatic carbocycles. The van der Waals surface area contributed by atoms with Crippen LogP contribution < -0.4 is 15.3 Å². The molecule has 3 heteroatoms. The molecular weight excluding hydrogens is 606 g/mol. The summed E-state index contributed by atoms with van der Waals surface area (Å²) in [6.45, 7) is 0. The summed E-state index contributed by atoms with van der Waals surface area (Å²) in [6.07, 6.45) is -2.46. The molecule has 0 fully saturated rings. The Labute approximate surface area is 280 Å². The Bertz CT molecular complexity index is 2430. The number of benzene rings is 8. The van der Waals surface area contributed by atoms with Gasteiger partial charge in [0.1, 0.15) is 0 Å². The molecular formula is C44H30NPS. The second-order valence-corrected chi connectivity index (χ2v) is 16.1. The van der Waals surface area contributed by atoms with Gasteiger partial charge in [0.25, 0.3) is 0 Å². The van der Waals surface area contributed by atoms with Crippen LogP contribution in [-0.2, 0) is 11.8 Å². The lowest BCUT2D eigenvalue weighted by Gasteiger charge is -2.43. The van der Waals surface area contributed by atoms with Crippen molar-refractivity contribution < 1.29 is 0 Å². The molecule has 1 heterocycles. The fraction of sp³-hybridized carbons (Fsp3) is 0. The van der Waals surface area contributed by atoms with Gasteiger partial charge in [0, 0.05) is 21.9 Å². The van der Waals surface area contributed by atoms with Crippen molar-refractivity contribution in [2.45, 2.75) is 0 Å². The summed E-state index contributed by atoms with van der Waals surface area (Å²) < 4.78 is 2.47. The van der Waals surface area contributed by atoms with E-state index in [0.717, 1.165) is 11.4 Å². The number of nitrogens with zero attached hydrogens (tertiary/aromatic N) is 1. The normalized spacial score (nSPS) is 15.4. The number of para-hydroxylation sites is 1. The number of fused-ring (bicyclic) bond motifs is 5. The fourth-order valence-corrected chi connectivity index (χ4v) is 11.9. The molecule has 1 atom stereocenters. The van der Waals surface area contributed by atoms with Crippen LogP contribution in [-0.4, -0.2) is 0 Å². The monoisotopic (exact) mass is 635 g/mol. The molecule has 0 bridgehead atoms. The van der Waals surface area contributed by atoms with Crippen LogP contribution in [0.4, 0.5) is 11.4 Å². The SMILES string of the molecule is S=P1(c2ccccc2)c2ccccc2-c2ccccc2N1c1ccc(-c2c3ccccc3c(-c3ccccc3)c3ccccc23)cc1. The van der Waals surface area contributed by atoms with Gasteiger partial charge in [-0.1, -0.05) is 176 Å². The highest BCUT2D eigenvalue weighted by Crippen LogP contribution is 2.61. The highest BCUT2D eigenvalue weighted by molar-refractivity contribution is 8.23. The maximum atomic E-state index is 6.91. The Morgan fingerprint density at radius 3 is 1.43 bits per heavy atom. The first-order valence-electron chi connectivity index (χ1n) is 16.0. The summed E-state index contributed by atoms with van der Waals surface area (Å²) in [5.74, 6) is 0. The molecule has 0 aliphatic carbocycles. The number of rotatable bonds is 4. The van der Waals surface area contributed by atoms with Gasteiger partial charge in [0.2, 0.25) is 0 Å². The Morgan fingerprint density at radius 2 is 0.830 bits per heavy atom. The molecule has 222 valence electrons. The third kappa shape index (κ3) is 4.33. The third-order valence-corrected chi connectivity index (χ3v) is 14.2. The summed E-state index contributed by atoms with van der Waals surface area (Å²) in [4.78, 5) is 0. The van der Waals surface area contributed by atoms with Gasteiger partial charge in [-0.25, -0.2) is 0 Å². The van der Waals surface area contributed by atoms with Crippen LogP contribution in [0.3, 0.4) is 0 Å². The van der Waals surface area contributed by atoms with Crippen molar-refractivity contribution in [3.63, 3.8) is 0 Å². The summed E-state index contributed by atoms with van der Waals surface area (Å²) in [5.41, 5.74) is 9.69. The molecule has 0 aromatic heterocycles. The second-order valence-electron chi connectivity index (χ2n) is 12.0. The van der Waals surface area contributed by atoms with Gasteiger partial charge < -0.3 is 4.67 Å². The molecule has 0 N–H and O–H groups in total. The first kappa shape index (κ1) is 28.0.